The molecule has 6 heteroatoms. The summed E-state index contributed by atoms with van der Waals surface area (Å²) in [5.74, 6) is 2.55. The van der Waals surface area contributed by atoms with Crippen LogP contribution in [0.15, 0.2) is 42.5 Å². The van der Waals surface area contributed by atoms with Gasteiger partial charge in [0.15, 0.2) is 11.5 Å². The predicted molar refractivity (Wildman–Crippen MR) is 128 cm³/mol. The molecule has 2 aromatic carbocycles. The molecule has 0 bridgehead atoms. The molecule has 0 saturated carbocycles. The highest BCUT2D eigenvalue weighted by Crippen LogP contribution is 2.40. The highest BCUT2D eigenvalue weighted by atomic mass is 16.5. The molecule has 1 aliphatic heterocycles. The minimum Gasteiger partial charge on any atom is -0.493 e. The van der Waals surface area contributed by atoms with E-state index in [-0.39, 0.29) is 11.9 Å². The van der Waals surface area contributed by atoms with Gasteiger partial charge in [0.2, 0.25) is 11.7 Å². The van der Waals surface area contributed by atoms with Crippen LogP contribution < -0.4 is 19.1 Å². The van der Waals surface area contributed by atoms with Crippen LogP contribution in [0.5, 0.6) is 17.2 Å². The Morgan fingerprint density at radius 3 is 2.19 bits per heavy atom. The second kappa shape index (κ2) is 11.2. The molecule has 0 atom stereocenters. The fraction of sp³-hybridized carbons (Fsp3) is 0.500. The Bertz CT molecular complexity index is 877. The van der Waals surface area contributed by atoms with Crippen LogP contribution in [0.1, 0.15) is 38.7 Å². The Kier molecular flexibility index (Phi) is 8.39. The molecule has 6 nitrogen and oxygen atoms in total. The zero-order valence-electron chi connectivity index (χ0n) is 20.0. The zero-order chi connectivity index (χ0) is 23.1. The Hall–Kier alpha value is -2.73. The summed E-state index contributed by atoms with van der Waals surface area (Å²) >= 11 is 0. The highest BCUT2D eigenvalue weighted by molar-refractivity contribution is 5.94. The van der Waals surface area contributed by atoms with Gasteiger partial charge in [0.05, 0.1) is 21.3 Å². The van der Waals surface area contributed by atoms with Crippen molar-refractivity contribution in [3.63, 3.8) is 0 Å². The summed E-state index contributed by atoms with van der Waals surface area (Å²) in [6, 6.07) is 14.3. The average molecular weight is 441 g/mol. The highest BCUT2D eigenvalue weighted by Gasteiger charge is 2.30. The lowest BCUT2D eigenvalue weighted by Gasteiger charge is -2.39. The van der Waals surface area contributed by atoms with E-state index in [4.69, 9.17) is 14.2 Å². The number of rotatable bonds is 9. The van der Waals surface area contributed by atoms with Crippen molar-refractivity contribution in [1.82, 2.24) is 4.90 Å². The number of para-hydroxylation sites is 1. The van der Waals surface area contributed by atoms with Crippen LogP contribution in [-0.2, 0) is 11.3 Å². The maximum atomic E-state index is 13.1. The van der Waals surface area contributed by atoms with Crippen molar-refractivity contribution < 1.29 is 19.0 Å². The number of nitrogens with zero attached hydrogens (tertiary/aromatic N) is 2. The maximum Gasteiger partial charge on any atom is 0.227 e. The Morgan fingerprint density at radius 1 is 0.969 bits per heavy atom. The first-order valence-corrected chi connectivity index (χ1v) is 11.4. The van der Waals surface area contributed by atoms with Gasteiger partial charge in [-0.25, -0.2) is 0 Å². The minimum atomic E-state index is 0.214. The number of piperidine rings is 1. The van der Waals surface area contributed by atoms with Gasteiger partial charge in [0.1, 0.15) is 0 Å². The normalized spacial score (nSPS) is 14.9. The first-order chi connectivity index (χ1) is 15.5. The van der Waals surface area contributed by atoms with Crippen LogP contribution in [-0.4, -0.2) is 51.3 Å². The monoisotopic (exact) mass is 440 g/mol. The molecular formula is C26H36N2O4. The number of ether oxygens (including phenoxy) is 3. The molecule has 1 fully saturated rings. The predicted octanol–water partition coefficient (Wildman–Crippen LogP) is 4.76. The van der Waals surface area contributed by atoms with E-state index in [1.807, 2.05) is 47.4 Å². The lowest BCUT2D eigenvalue weighted by Crippen LogP contribution is -2.47. The van der Waals surface area contributed by atoms with Crippen molar-refractivity contribution >= 4 is 11.6 Å². The molecule has 0 aromatic heterocycles. The van der Waals surface area contributed by atoms with E-state index in [1.165, 1.54) is 0 Å². The van der Waals surface area contributed by atoms with Gasteiger partial charge >= 0.3 is 0 Å². The smallest absolute Gasteiger partial charge is 0.227 e. The molecule has 174 valence electrons. The van der Waals surface area contributed by atoms with Crippen LogP contribution in [0.2, 0.25) is 0 Å². The van der Waals surface area contributed by atoms with Crippen molar-refractivity contribution in [2.45, 2.75) is 45.7 Å². The first kappa shape index (κ1) is 23.9. The van der Waals surface area contributed by atoms with Gasteiger partial charge in [-0.2, -0.15) is 0 Å². The van der Waals surface area contributed by atoms with Crippen LogP contribution >= 0.6 is 0 Å². The van der Waals surface area contributed by atoms with Crippen molar-refractivity contribution in [3.05, 3.63) is 48.0 Å². The van der Waals surface area contributed by atoms with Gasteiger partial charge in [0.25, 0.3) is 0 Å². The van der Waals surface area contributed by atoms with E-state index in [0.29, 0.717) is 29.6 Å². The number of hydrogen-bond acceptors (Lipinski definition) is 5. The fourth-order valence-corrected chi connectivity index (χ4v) is 4.46. The first-order valence-electron chi connectivity index (χ1n) is 11.4. The van der Waals surface area contributed by atoms with Gasteiger partial charge in [-0.15, -0.1) is 0 Å². The minimum absolute atomic E-state index is 0.214. The zero-order valence-corrected chi connectivity index (χ0v) is 20.0. The molecule has 1 saturated heterocycles. The summed E-state index contributed by atoms with van der Waals surface area (Å²) in [6.07, 6.45) is 2.45. The summed E-state index contributed by atoms with van der Waals surface area (Å²) in [7, 11) is 4.91. The molecule has 0 radical (unpaired) electrons. The molecule has 1 amide bonds. The third kappa shape index (κ3) is 5.54. The molecule has 32 heavy (non-hydrogen) atoms. The number of hydrogen-bond donors (Lipinski definition) is 0. The topological polar surface area (TPSA) is 51.2 Å². The SMILES string of the molecule is COc1ccc(CN2CCC(N(C(=O)CC(C)C)c3ccccc3)CC2)c(OC)c1OC. The number of methoxy groups -OCH3 is 3. The standard InChI is InChI=1S/C26H36N2O4/c1-19(2)17-24(29)28(21-9-7-6-8-10-21)22-13-15-27(16-14-22)18-20-11-12-23(30-3)26(32-5)25(20)31-4/h6-12,19,22H,13-18H2,1-5H3. The second-order valence-electron chi connectivity index (χ2n) is 8.70. The number of amides is 1. The van der Waals surface area contributed by atoms with Crippen molar-refractivity contribution in [1.29, 1.82) is 0 Å². The summed E-state index contributed by atoms with van der Waals surface area (Å²) in [5, 5.41) is 0. The molecule has 1 heterocycles. The van der Waals surface area contributed by atoms with E-state index in [2.05, 4.69) is 18.7 Å². The number of likely N-dealkylation sites (tertiary alicyclic amines) is 1. The molecule has 3 rings (SSSR count). The Balaban J connectivity index is 1.71. The third-order valence-corrected chi connectivity index (χ3v) is 5.99. The molecular weight excluding hydrogens is 404 g/mol. The van der Waals surface area contributed by atoms with Gasteiger partial charge in [-0.1, -0.05) is 38.1 Å². The summed E-state index contributed by atoms with van der Waals surface area (Å²) in [5.41, 5.74) is 2.07. The maximum absolute atomic E-state index is 13.1. The van der Waals surface area contributed by atoms with Crippen molar-refractivity contribution in [3.8, 4) is 17.2 Å². The fourth-order valence-electron chi connectivity index (χ4n) is 4.46. The second-order valence-corrected chi connectivity index (χ2v) is 8.70. The van der Waals surface area contributed by atoms with Crippen molar-refractivity contribution in [2.75, 3.05) is 39.3 Å². The van der Waals surface area contributed by atoms with E-state index < -0.39 is 0 Å². The van der Waals surface area contributed by atoms with E-state index in [1.54, 1.807) is 21.3 Å². The number of benzene rings is 2. The van der Waals surface area contributed by atoms with Gasteiger partial charge < -0.3 is 19.1 Å². The lowest BCUT2D eigenvalue weighted by atomic mass is 9.99. The van der Waals surface area contributed by atoms with Crippen molar-refractivity contribution in [2.24, 2.45) is 5.92 Å². The number of anilines is 1. The average Bonchev–Trinajstić information content (AvgIpc) is 2.80. The summed E-state index contributed by atoms with van der Waals surface area (Å²) in [6.45, 7) is 6.79. The van der Waals surface area contributed by atoms with Gasteiger partial charge in [-0.3, -0.25) is 9.69 Å². The molecule has 0 N–H and O–H groups in total. The molecule has 0 aliphatic carbocycles. The van der Waals surface area contributed by atoms with Crippen LogP contribution in [0.25, 0.3) is 0 Å². The van der Waals surface area contributed by atoms with Crippen LogP contribution in [0.3, 0.4) is 0 Å². The van der Waals surface area contributed by atoms with Gasteiger partial charge in [0, 0.05) is 43.3 Å². The number of carbonyl (C=O) groups is 1. The Labute approximate surface area is 192 Å². The lowest BCUT2D eigenvalue weighted by molar-refractivity contribution is -0.120. The van der Waals surface area contributed by atoms with E-state index in [0.717, 1.165) is 43.7 Å². The Morgan fingerprint density at radius 2 is 1.62 bits per heavy atom. The summed E-state index contributed by atoms with van der Waals surface area (Å²) in [4.78, 5) is 17.6. The summed E-state index contributed by atoms with van der Waals surface area (Å²) < 4.78 is 16.6. The third-order valence-electron chi connectivity index (χ3n) is 5.99. The van der Waals surface area contributed by atoms with E-state index in [9.17, 15) is 4.79 Å². The molecule has 2 aromatic rings. The van der Waals surface area contributed by atoms with Gasteiger partial charge in [-0.05, 0) is 37.0 Å². The van der Waals surface area contributed by atoms with Crippen LogP contribution in [0.4, 0.5) is 5.69 Å². The quantitative estimate of drug-likeness (QED) is 0.563. The molecule has 1 aliphatic rings. The van der Waals surface area contributed by atoms with Crippen LogP contribution in [0, 0.1) is 5.92 Å². The molecule has 0 spiro atoms. The number of carbonyl (C=O) groups excluding carboxylic acids is 1. The van der Waals surface area contributed by atoms with E-state index >= 15 is 0 Å². The molecule has 0 unspecified atom stereocenters. The largest absolute Gasteiger partial charge is 0.493 e.